The van der Waals surface area contributed by atoms with Crippen molar-refractivity contribution in [3.8, 4) is 11.5 Å². The predicted octanol–water partition coefficient (Wildman–Crippen LogP) is 2.32. The summed E-state index contributed by atoms with van der Waals surface area (Å²) in [6.07, 6.45) is 5.06. The molecule has 1 aromatic carbocycles. The highest BCUT2D eigenvalue weighted by atomic mass is 16.5. The van der Waals surface area contributed by atoms with Crippen molar-refractivity contribution < 1.29 is 9.47 Å². The molecule has 7 nitrogen and oxygen atoms in total. The Kier molecular flexibility index (Phi) is 8.63. The highest BCUT2D eigenvalue weighted by Crippen LogP contribution is 2.24. The van der Waals surface area contributed by atoms with E-state index in [1.54, 1.807) is 14.2 Å². The molecule has 2 N–H and O–H groups in total. The third-order valence-electron chi connectivity index (χ3n) is 6.31. The van der Waals surface area contributed by atoms with Crippen molar-refractivity contribution >= 4 is 5.96 Å². The summed E-state index contributed by atoms with van der Waals surface area (Å²) in [6, 6.07) is 7.13. The number of guanidine groups is 1. The van der Waals surface area contributed by atoms with Gasteiger partial charge in [-0.3, -0.25) is 14.8 Å². The molecule has 0 aliphatic carbocycles. The molecule has 2 unspecified atom stereocenters. The number of methoxy groups -OCH3 is 2. The lowest BCUT2D eigenvalue weighted by Gasteiger charge is -2.35. The number of aliphatic imine (C=N–C) groups is 1. The maximum absolute atomic E-state index is 5.40. The van der Waals surface area contributed by atoms with E-state index in [-0.39, 0.29) is 0 Å². The van der Waals surface area contributed by atoms with Crippen molar-refractivity contribution in [2.75, 3.05) is 54.0 Å². The van der Waals surface area contributed by atoms with E-state index in [1.807, 2.05) is 13.1 Å². The molecule has 0 radical (unpaired) electrons. The van der Waals surface area contributed by atoms with Crippen LogP contribution >= 0.6 is 0 Å². The Morgan fingerprint density at radius 2 is 1.87 bits per heavy atom. The molecule has 0 spiro atoms. The Labute approximate surface area is 181 Å². The molecule has 0 aromatic heterocycles. The average Bonchev–Trinajstić information content (AvgIpc) is 3.22. The summed E-state index contributed by atoms with van der Waals surface area (Å²) in [7, 11) is 5.25. The first-order chi connectivity index (χ1) is 14.6. The third kappa shape index (κ3) is 6.25. The van der Waals surface area contributed by atoms with E-state index in [0.717, 1.165) is 56.6 Å². The molecule has 2 fully saturated rings. The van der Waals surface area contributed by atoms with Crippen LogP contribution in [0.15, 0.2) is 23.2 Å². The molecule has 3 rings (SSSR count). The normalized spacial score (nSPS) is 23.4. The van der Waals surface area contributed by atoms with Crippen LogP contribution in [-0.2, 0) is 6.54 Å². The summed E-state index contributed by atoms with van der Waals surface area (Å²) in [6.45, 7) is 8.55. The van der Waals surface area contributed by atoms with Crippen LogP contribution in [-0.4, -0.2) is 81.8 Å². The van der Waals surface area contributed by atoms with Gasteiger partial charge in [-0.1, -0.05) is 13.3 Å². The van der Waals surface area contributed by atoms with Crippen molar-refractivity contribution in [1.29, 1.82) is 0 Å². The van der Waals surface area contributed by atoms with Crippen molar-refractivity contribution in [3.63, 3.8) is 0 Å². The minimum absolute atomic E-state index is 0.414. The number of hydrogen-bond acceptors (Lipinski definition) is 5. The summed E-state index contributed by atoms with van der Waals surface area (Å²) in [4.78, 5) is 9.52. The fourth-order valence-corrected chi connectivity index (χ4v) is 4.62. The van der Waals surface area contributed by atoms with Crippen LogP contribution in [0.3, 0.4) is 0 Å². The van der Waals surface area contributed by atoms with Crippen LogP contribution in [0.5, 0.6) is 11.5 Å². The number of nitrogens with one attached hydrogen (secondary N) is 2. The van der Waals surface area contributed by atoms with E-state index >= 15 is 0 Å². The topological polar surface area (TPSA) is 61.4 Å². The summed E-state index contributed by atoms with van der Waals surface area (Å²) < 4.78 is 10.8. The number of hydrogen-bond donors (Lipinski definition) is 2. The fraction of sp³-hybridized carbons (Fsp3) is 0.696. The van der Waals surface area contributed by atoms with Crippen molar-refractivity contribution in [2.45, 2.75) is 51.2 Å². The molecule has 168 valence electrons. The van der Waals surface area contributed by atoms with Crippen LogP contribution in [0.4, 0.5) is 0 Å². The molecule has 2 aliphatic heterocycles. The van der Waals surface area contributed by atoms with Gasteiger partial charge in [0.25, 0.3) is 0 Å². The number of rotatable bonds is 8. The minimum atomic E-state index is 0.414. The van der Waals surface area contributed by atoms with Gasteiger partial charge in [0.15, 0.2) is 5.96 Å². The van der Waals surface area contributed by atoms with Gasteiger partial charge in [-0.2, -0.15) is 0 Å². The largest absolute Gasteiger partial charge is 0.497 e. The first kappa shape index (κ1) is 22.7. The van der Waals surface area contributed by atoms with E-state index in [0.29, 0.717) is 12.1 Å². The fourth-order valence-electron chi connectivity index (χ4n) is 4.62. The zero-order chi connectivity index (χ0) is 21.3. The second kappa shape index (κ2) is 11.4. The van der Waals surface area contributed by atoms with Gasteiger partial charge in [0.2, 0.25) is 0 Å². The number of nitrogens with zero attached hydrogens (tertiary/aromatic N) is 3. The smallest absolute Gasteiger partial charge is 0.191 e. The van der Waals surface area contributed by atoms with Gasteiger partial charge in [-0.15, -0.1) is 0 Å². The minimum Gasteiger partial charge on any atom is -0.497 e. The number of benzene rings is 1. The zero-order valence-corrected chi connectivity index (χ0v) is 19.1. The van der Waals surface area contributed by atoms with Crippen molar-refractivity contribution in [3.05, 3.63) is 23.8 Å². The lowest BCUT2D eigenvalue weighted by atomic mass is 10.0. The van der Waals surface area contributed by atoms with E-state index < -0.39 is 0 Å². The Morgan fingerprint density at radius 1 is 1.10 bits per heavy atom. The summed E-state index contributed by atoms with van der Waals surface area (Å²) in [5, 5.41) is 7.20. The zero-order valence-electron chi connectivity index (χ0n) is 19.1. The molecule has 2 saturated heterocycles. The first-order valence-electron chi connectivity index (χ1n) is 11.3. The molecular formula is C23H39N5O2. The predicted molar refractivity (Wildman–Crippen MR) is 123 cm³/mol. The Balaban J connectivity index is 1.47. The molecule has 0 bridgehead atoms. The molecule has 2 heterocycles. The van der Waals surface area contributed by atoms with Crippen LogP contribution < -0.4 is 20.1 Å². The Morgan fingerprint density at radius 3 is 2.53 bits per heavy atom. The maximum atomic E-state index is 5.40. The van der Waals surface area contributed by atoms with Gasteiger partial charge >= 0.3 is 0 Å². The molecule has 7 heteroatoms. The van der Waals surface area contributed by atoms with Gasteiger partial charge in [0, 0.05) is 51.4 Å². The van der Waals surface area contributed by atoms with Crippen molar-refractivity contribution in [2.24, 2.45) is 4.99 Å². The van der Waals surface area contributed by atoms with Crippen LogP contribution in [0.1, 0.15) is 38.2 Å². The average molecular weight is 418 g/mol. The summed E-state index contributed by atoms with van der Waals surface area (Å²) in [5.74, 6) is 2.60. The van der Waals surface area contributed by atoms with Gasteiger partial charge in [0.1, 0.15) is 11.5 Å². The van der Waals surface area contributed by atoms with Gasteiger partial charge in [-0.05, 0) is 50.0 Å². The van der Waals surface area contributed by atoms with Gasteiger partial charge < -0.3 is 20.1 Å². The monoisotopic (exact) mass is 417 g/mol. The number of likely N-dealkylation sites (tertiary alicyclic amines) is 2. The van der Waals surface area contributed by atoms with E-state index in [2.05, 4.69) is 44.5 Å². The SMILES string of the molecule is CCN1CCCCC1CNC(=NC)NC1CCN(Cc2cc(OC)cc(OC)c2)C1. The lowest BCUT2D eigenvalue weighted by molar-refractivity contribution is 0.157. The second-order valence-corrected chi connectivity index (χ2v) is 8.32. The first-order valence-corrected chi connectivity index (χ1v) is 11.3. The molecule has 0 saturated carbocycles. The Bertz CT molecular complexity index is 674. The van der Waals surface area contributed by atoms with E-state index in [1.165, 1.54) is 31.4 Å². The Hall–Kier alpha value is -1.99. The number of likely N-dealkylation sites (N-methyl/N-ethyl adjacent to an activating group) is 1. The molecule has 30 heavy (non-hydrogen) atoms. The third-order valence-corrected chi connectivity index (χ3v) is 6.31. The standard InChI is InChI=1S/C23H39N5O2/c1-5-28-10-7-6-8-20(28)15-25-23(24-2)26-19-9-11-27(17-19)16-18-12-21(29-3)14-22(13-18)30-4/h12-14,19-20H,5-11,15-17H2,1-4H3,(H2,24,25,26). The summed E-state index contributed by atoms with van der Waals surface area (Å²) in [5.41, 5.74) is 1.21. The molecule has 0 amide bonds. The molecular weight excluding hydrogens is 378 g/mol. The quantitative estimate of drug-likeness (QED) is 0.500. The van der Waals surface area contributed by atoms with Crippen LogP contribution in [0.25, 0.3) is 0 Å². The number of piperidine rings is 1. The summed E-state index contributed by atoms with van der Waals surface area (Å²) >= 11 is 0. The van der Waals surface area contributed by atoms with Gasteiger partial charge in [-0.25, -0.2) is 0 Å². The number of ether oxygens (including phenoxy) is 2. The lowest BCUT2D eigenvalue weighted by Crippen LogP contribution is -2.51. The van der Waals surface area contributed by atoms with Crippen LogP contribution in [0, 0.1) is 0 Å². The van der Waals surface area contributed by atoms with E-state index in [9.17, 15) is 0 Å². The molecule has 2 aliphatic rings. The second-order valence-electron chi connectivity index (χ2n) is 8.32. The maximum Gasteiger partial charge on any atom is 0.191 e. The van der Waals surface area contributed by atoms with Crippen LogP contribution in [0.2, 0.25) is 0 Å². The highest BCUT2D eigenvalue weighted by Gasteiger charge is 2.25. The van der Waals surface area contributed by atoms with Gasteiger partial charge in [0.05, 0.1) is 14.2 Å². The highest BCUT2D eigenvalue weighted by molar-refractivity contribution is 5.80. The molecule has 1 aromatic rings. The van der Waals surface area contributed by atoms with Crippen molar-refractivity contribution in [1.82, 2.24) is 20.4 Å². The molecule has 2 atom stereocenters. The van der Waals surface area contributed by atoms with E-state index in [4.69, 9.17) is 9.47 Å².